The fraction of sp³-hybridized carbons (Fsp3) is 0.190. The lowest BCUT2D eigenvalue weighted by atomic mass is 10.0. The predicted octanol–water partition coefficient (Wildman–Crippen LogP) is 4.08. The van der Waals surface area contributed by atoms with Crippen molar-refractivity contribution < 1.29 is 23.8 Å². The first-order valence-electron chi connectivity index (χ1n) is 8.62. The lowest BCUT2D eigenvalue weighted by Gasteiger charge is -2.10. The maximum absolute atomic E-state index is 12.7. The maximum Gasteiger partial charge on any atom is 0.357 e. The molecule has 0 atom stereocenters. The average molecular weight is 415 g/mol. The van der Waals surface area contributed by atoms with Crippen LogP contribution in [0.2, 0.25) is 5.02 Å². The van der Waals surface area contributed by atoms with Crippen molar-refractivity contribution in [3.05, 3.63) is 64.3 Å². The highest BCUT2D eigenvalue weighted by Gasteiger charge is 2.32. The van der Waals surface area contributed by atoms with E-state index in [0.717, 1.165) is 5.56 Å². The minimum atomic E-state index is -0.735. The molecule has 0 spiro atoms. The molecule has 8 heteroatoms. The third-order valence-electron chi connectivity index (χ3n) is 4.39. The van der Waals surface area contributed by atoms with Crippen LogP contribution in [-0.2, 0) is 9.47 Å². The van der Waals surface area contributed by atoms with Crippen molar-refractivity contribution in [1.29, 1.82) is 0 Å². The van der Waals surface area contributed by atoms with Crippen molar-refractivity contribution >= 4 is 23.5 Å². The van der Waals surface area contributed by atoms with Gasteiger partial charge >= 0.3 is 11.9 Å². The van der Waals surface area contributed by atoms with Gasteiger partial charge in [-0.3, -0.25) is 0 Å². The topological polar surface area (TPSA) is 79.7 Å². The van der Waals surface area contributed by atoms with Crippen molar-refractivity contribution in [3.8, 4) is 22.7 Å². The Morgan fingerprint density at radius 2 is 1.66 bits per heavy atom. The molecule has 0 aliphatic heterocycles. The quantitative estimate of drug-likeness (QED) is 0.585. The Kier molecular flexibility index (Phi) is 5.89. The van der Waals surface area contributed by atoms with Gasteiger partial charge in [-0.1, -0.05) is 29.8 Å². The lowest BCUT2D eigenvalue weighted by Crippen LogP contribution is -2.15. The number of carbonyl (C=O) groups is 2. The Bertz CT molecular complexity index is 1080. The van der Waals surface area contributed by atoms with E-state index in [-0.39, 0.29) is 17.0 Å². The Morgan fingerprint density at radius 3 is 2.24 bits per heavy atom. The first kappa shape index (κ1) is 20.4. The van der Waals surface area contributed by atoms with Crippen LogP contribution in [0, 0.1) is 6.92 Å². The van der Waals surface area contributed by atoms with Crippen LogP contribution in [0.25, 0.3) is 16.9 Å². The van der Waals surface area contributed by atoms with Gasteiger partial charge in [-0.05, 0) is 36.8 Å². The molecule has 0 aliphatic rings. The monoisotopic (exact) mass is 414 g/mol. The second-order valence-corrected chi connectivity index (χ2v) is 6.51. The molecule has 0 N–H and O–H groups in total. The molecular weight excluding hydrogens is 396 g/mol. The highest BCUT2D eigenvalue weighted by Crippen LogP contribution is 2.38. The van der Waals surface area contributed by atoms with Crippen LogP contribution in [0.4, 0.5) is 0 Å². The van der Waals surface area contributed by atoms with E-state index in [4.69, 9.17) is 25.8 Å². The minimum absolute atomic E-state index is 0.0403. The molecule has 3 aromatic rings. The summed E-state index contributed by atoms with van der Waals surface area (Å²) in [5, 5.41) is 5.01. The van der Waals surface area contributed by atoms with Crippen molar-refractivity contribution in [2.24, 2.45) is 0 Å². The number of methoxy groups -OCH3 is 3. The van der Waals surface area contributed by atoms with Crippen molar-refractivity contribution in [1.82, 2.24) is 9.78 Å². The number of nitrogens with zero attached hydrogens (tertiary/aromatic N) is 2. The van der Waals surface area contributed by atoms with E-state index in [0.29, 0.717) is 22.0 Å². The molecule has 1 heterocycles. The molecule has 0 amide bonds. The molecular formula is C21H19ClN2O5. The largest absolute Gasteiger partial charge is 0.496 e. The first-order chi connectivity index (χ1) is 13.9. The van der Waals surface area contributed by atoms with Crippen LogP contribution in [0.5, 0.6) is 5.75 Å². The summed E-state index contributed by atoms with van der Waals surface area (Å²) < 4.78 is 16.7. The van der Waals surface area contributed by atoms with Crippen LogP contribution in [-0.4, -0.2) is 43.0 Å². The standard InChI is InChI=1S/C21H19ClN2O5/c1-12-10-16(27-2)14(11-15(12)22)18-17(20(25)28-3)19(21(26)29-4)24(23-18)13-8-6-5-7-9-13/h5-11H,1-4H3. The third-order valence-corrected chi connectivity index (χ3v) is 4.80. The second kappa shape index (κ2) is 8.36. The predicted molar refractivity (Wildman–Crippen MR) is 108 cm³/mol. The third kappa shape index (κ3) is 3.69. The zero-order valence-electron chi connectivity index (χ0n) is 16.4. The maximum atomic E-state index is 12.7. The number of carbonyl (C=O) groups excluding carboxylic acids is 2. The number of esters is 2. The molecule has 0 aliphatic carbocycles. The van der Waals surface area contributed by atoms with Crippen LogP contribution < -0.4 is 4.74 Å². The van der Waals surface area contributed by atoms with Gasteiger partial charge in [0.25, 0.3) is 0 Å². The summed E-state index contributed by atoms with van der Waals surface area (Å²) in [6, 6.07) is 12.3. The van der Waals surface area contributed by atoms with E-state index >= 15 is 0 Å². The van der Waals surface area contributed by atoms with Gasteiger partial charge < -0.3 is 14.2 Å². The van der Waals surface area contributed by atoms with E-state index in [1.165, 1.54) is 26.0 Å². The van der Waals surface area contributed by atoms with E-state index in [1.807, 2.05) is 13.0 Å². The minimum Gasteiger partial charge on any atom is -0.496 e. The average Bonchev–Trinajstić information content (AvgIpc) is 3.15. The summed E-state index contributed by atoms with van der Waals surface area (Å²) in [5.41, 5.74) is 1.91. The van der Waals surface area contributed by atoms with Crippen LogP contribution >= 0.6 is 11.6 Å². The zero-order chi connectivity index (χ0) is 21.1. The summed E-state index contributed by atoms with van der Waals surface area (Å²) in [5.74, 6) is -1.02. The Morgan fingerprint density at radius 1 is 1.00 bits per heavy atom. The summed E-state index contributed by atoms with van der Waals surface area (Å²) in [7, 11) is 3.96. The molecule has 0 saturated carbocycles. The van der Waals surface area contributed by atoms with Crippen LogP contribution in [0.1, 0.15) is 26.4 Å². The van der Waals surface area contributed by atoms with E-state index in [9.17, 15) is 9.59 Å². The molecule has 29 heavy (non-hydrogen) atoms. The van der Waals surface area contributed by atoms with Gasteiger partial charge in [-0.25, -0.2) is 14.3 Å². The molecule has 0 unspecified atom stereocenters. The lowest BCUT2D eigenvalue weighted by molar-refractivity contribution is 0.0549. The van der Waals surface area contributed by atoms with Gasteiger partial charge in [0.1, 0.15) is 17.0 Å². The Labute approximate surface area is 172 Å². The summed E-state index contributed by atoms with van der Waals surface area (Å²) in [6.45, 7) is 1.83. The zero-order valence-corrected chi connectivity index (χ0v) is 17.1. The highest BCUT2D eigenvalue weighted by atomic mass is 35.5. The van der Waals surface area contributed by atoms with Gasteiger partial charge in [0, 0.05) is 10.6 Å². The van der Waals surface area contributed by atoms with Gasteiger partial charge in [-0.15, -0.1) is 0 Å². The van der Waals surface area contributed by atoms with Crippen LogP contribution in [0.3, 0.4) is 0 Å². The fourth-order valence-electron chi connectivity index (χ4n) is 2.95. The summed E-state index contributed by atoms with van der Waals surface area (Å²) in [6.07, 6.45) is 0. The Hall–Kier alpha value is -3.32. The fourth-order valence-corrected chi connectivity index (χ4v) is 3.12. The van der Waals surface area contributed by atoms with Gasteiger partial charge in [0.2, 0.25) is 0 Å². The van der Waals surface area contributed by atoms with E-state index in [1.54, 1.807) is 36.4 Å². The number of aromatic nitrogens is 2. The van der Waals surface area contributed by atoms with Gasteiger partial charge in [0.05, 0.1) is 27.0 Å². The number of rotatable bonds is 5. The number of ether oxygens (including phenoxy) is 3. The van der Waals surface area contributed by atoms with E-state index in [2.05, 4.69) is 5.10 Å². The molecule has 3 rings (SSSR count). The number of para-hydroxylation sites is 1. The molecule has 0 saturated heterocycles. The number of aryl methyl sites for hydroxylation is 1. The number of hydrogen-bond acceptors (Lipinski definition) is 6. The Balaban J connectivity index is 2.42. The normalized spacial score (nSPS) is 10.5. The molecule has 2 aromatic carbocycles. The number of hydrogen-bond donors (Lipinski definition) is 0. The van der Waals surface area contributed by atoms with Crippen molar-refractivity contribution in [3.63, 3.8) is 0 Å². The summed E-state index contributed by atoms with van der Waals surface area (Å²) >= 11 is 6.31. The SMILES string of the molecule is COC(=O)c1c(-c2cc(Cl)c(C)cc2OC)nn(-c2ccccc2)c1C(=O)OC. The molecule has 7 nitrogen and oxygen atoms in total. The molecule has 0 fully saturated rings. The van der Waals surface area contributed by atoms with Gasteiger partial charge in [0.15, 0.2) is 5.69 Å². The molecule has 1 aromatic heterocycles. The second-order valence-electron chi connectivity index (χ2n) is 6.10. The van der Waals surface area contributed by atoms with Crippen molar-refractivity contribution in [2.75, 3.05) is 21.3 Å². The summed E-state index contributed by atoms with van der Waals surface area (Å²) in [4.78, 5) is 25.3. The molecule has 150 valence electrons. The van der Waals surface area contributed by atoms with E-state index < -0.39 is 11.9 Å². The van der Waals surface area contributed by atoms with Crippen LogP contribution in [0.15, 0.2) is 42.5 Å². The first-order valence-corrected chi connectivity index (χ1v) is 9.00. The smallest absolute Gasteiger partial charge is 0.357 e. The van der Waals surface area contributed by atoms with Crippen molar-refractivity contribution in [2.45, 2.75) is 6.92 Å². The molecule has 0 radical (unpaired) electrons. The van der Waals surface area contributed by atoms with Gasteiger partial charge in [-0.2, -0.15) is 5.10 Å². The number of benzene rings is 2. The number of halogens is 1. The molecule has 0 bridgehead atoms. The highest BCUT2D eigenvalue weighted by molar-refractivity contribution is 6.31.